The average molecular weight is 288 g/mol. The number of hydrogen-bond donors (Lipinski definition) is 1. The fraction of sp³-hybridized carbons (Fsp3) is 0.600. The van der Waals surface area contributed by atoms with Gasteiger partial charge in [-0.25, -0.2) is 0 Å². The molecular formula is C15H24N6. The van der Waals surface area contributed by atoms with Crippen molar-refractivity contribution in [3.05, 3.63) is 34.4 Å². The van der Waals surface area contributed by atoms with Crippen molar-refractivity contribution in [1.29, 1.82) is 0 Å². The molecule has 0 spiro atoms. The van der Waals surface area contributed by atoms with Crippen molar-refractivity contribution in [3.8, 4) is 0 Å². The zero-order chi connectivity index (χ0) is 15.0. The monoisotopic (exact) mass is 288 g/mol. The third-order valence-corrected chi connectivity index (χ3v) is 4.24. The summed E-state index contributed by atoms with van der Waals surface area (Å²) in [6, 6.07) is 2.21. The van der Waals surface area contributed by atoms with E-state index in [1.54, 1.807) is 0 Å². The number of aromatic nitrogens is 4. The van der Waals surface area contributed by atoms with E-state index in [9.17, 15) is 0 Å². The van der Waals surface area contributed by atoms with E-state index in [0.29, 0.717) is 0 Å². The van der Waals surface area contributed by atoms with E-state index >= 15 is 0 Å². The second kappa shape index (κ2) is 5.61. The topological polar surface area (TPSA) is 50.9 Å². The summed E-state index contributed by atoms with van der Waals surface area (Å²) in [5.74, 6) is 0. The molecule has 0 unspecified atom stereocenters. The molecule has 2 aromatic rings. The number of hydrogen-bond acceptors (Lipinski definition) is 4. The van der Waals surface area contributed by atoms with Crippen molar-refractivity contribution in [2.24, 2.45) is 7.05 Å². The largest absolute Gasteiger partial charge is 0.309 e. The summed E-state index contributed by atoms with van der Waals surface area (Å²) in [6.07, 6.45) is 0. The van der Waals surface area contributed by atoms with Gasteiger partial charge in [0.1, 0.15) is 0 Å². The minimum absolute atomic E-state index is 0.869. The molecule has 0 bridgehead atoms. The van der Waals surface area contributed by atoms with E-state index in [0.717, 1.165) is 44.1 Å². The van der Waals surface area contributed by atoms with Gasteiger partial charge in [0.15, 0.2) is 0 Å². The van der Waals surface area contributed by atoms with Crippen LogP contribution in [0.5, 0.6) is 0 Å². The first-order chi connectivity index (χ1) is 10.0. The quantitative estimate of drug-likeness (QED) is 0.911. The van der Waals surface area contributed by atoms with Crippen LogP contribution in [0.1, 0.15) is 28.3 Å². The van der Waals surface area contributed by atoms with Crippen molar-refractivity contribution >= 4 is 0 Å². The molecule has 1 aliphatic rings. The molecule has 0 atom stereocenters. The standard InChI is InChI=1S/C15H24N6/c1-11-15(12(2)20(4)17-11)10-19(3)9-13-7-14-8-16-5-6-21(14)18-13/h7,16H,5-6,8-10H2,1-4H3. The van der Waals surface area contributed by atoms with Gasteiger partial charge in [0.05, 0.1) is 23.6 Å². The SMILES string of the molecule is Cc1nn(C)c(C)c1CN(C)Cc1cc2n(n1)CCNC2. The van der Waals surface area contributed by atoms with Crippen molar-refractivity contribution in [2.75, 3.05) is 13.6 Å². The predicted molar refractivity (Wildman–Crippen MR) is 81.8 cm³/mol. The van der Waals surface area contributed by atoms with Gasteiger partial charge in [0, 0.05) is 44.5 Å². The lowest BCUT2D eigenvalue weighted by atomic mass is 10.2. The van der Waals surface area contributed by atoms with E-state index in [-0.39, 0.29) is 0 Å². The van der Waals surface area contributed by atoms with Crippen LogP contribution in [-0.4, -0.2) is 38.1 Å². The highest BCUT2D eigenvalue weighted by Crippen LogP contribution is 2.16. The van der Waals surface area contributed by atoms with Crippen molar-refractivity contribution in [1.82, 2.24) is 29.8 Å². The maximum Gasteiger partial charge on any atom is 0.0768 e. The molecule has 6 heteroatoms. The molecular weight excluding hydrogens is 264 g/mol. The summed E-state index contributed by atoms with van der Waals surface area (Å²) in [5, 5.41) is 12.6. The summed E-state index contributed by atoms with van der Waals surface area (Å²) in [4.78, 5) is 2.30. The number of fused-ring (bicyclic) bond motifs is 1. The second-order valence-electron chi connectivity index (χ2n) is 5.97. The van der Waals surface area contributed by atoms with Crippen LogP contribution in [0, 0.1) is 13.8 Å². The Bertz CT molecular complexity index is 615. The van der Waals surface area contributed by atoms with Crippen molar-refractivity contribution < 1.29 is 0 Å². The van der Waals surface area contributed by atoms with E-state index in [1.165, 1.54) is 17.0 Å². The van der Waals surface area contributed by atoms with E-state index in [2.05, 4.69) is 47.0 Å². The Labute approximate surface area is 125 Å². The van der Waals surface area contributed by atoms with Gasteiger partial charge < -0.3 is 5.32 Å². The minimum Gasteiger partial charge on any atom is -0.309 e. The molecule has 0 saturated heterocycles. The summed E-state index contributed by atoms with van der Waals surface area (Å²) in [5.41, 5.74) is 6.13. The van der Waals surface area contributed by atoms with Gasteiger partial charge in [-0.3, -0.25) is 14.3 Å². The molecule has 3 rings (SSSR count). The van der Waals surface area contributed by atoms with Gasteiger partial charge in [-0.05, 0) is 27.0 Å². The molecule has 0 fully saturated rings. The number of rotatable bonds is 4. The van der Waals surface area contributed by atoms with Crippen molar-refractivity contribution in [2.45, 2.75) is 40.0 Å². The minimum atomic E-state index is 0.869. The number of nitrogens with one attached hydrogen (secondary N) is 1. The molecule has 0 aromatic carbocycles. The fourth-order valence-electron chi connectivity index (χ4n) is 2.98. The van der Waals surface area contributed by atoms with Crippen LogP contribution in [0.25, 0.3) is 0 Å². The highest BCUT2D eigenvalue weighted by Gasteiger charge is 2.15. The lowest BCUT2D eigenvalue weighted by molar-refractivity contribution is 0.311. The smallest absolute Gasteiger partial charge is 0.0768 e. The molecule has 0 aliphatic carbocycles. The van der Waals surface area contributed by atoms with Crippen LogP contribution < -0.4 is 5.32 Å². The lowest BCUT2D eigenvalue weighted by Crippen LogP contribution is -2.28. The van der Waals surface area contributed by atoms with E-state index in [1.807, 2.05) is 11.7 Å². The van der Waals surface area contributed by atoms with Crippen LogP contribution >= 0.6 is 0 Å². The van der Waals surface area contributed by atoms with Crippen LogP contribution in [-0.2, 0) is 33.2 Å². The highest BCUT2D eigenvalue weighted by molar-refractivity contribution is 5.24. The molecule has 0 radical (unpaired) electrons. The predicted octanol–water partition coefficient (Wildman–Crippen LogP) is 0.969. The molecule has 21 heavy (non-hydrogen) atoms. The molecule has 6 nitrogen and oxygen atoms in total. The third-order valence-electron chi connectivity index (χ3n) is 4.24. The Morgan fingerprint density at radius 2 is 2.10 bits per heavy atom. The maximum absolute atomic E-state index is 4.70. The molecule has 2 aromatic heterocycles. The zero-order valence-electron chi connectivity index (χ0n) is 13.3. The normalized spacial score (nSPS) is 14.7. The van der Waals surface area contributed by atoms with Gasteiger partial charge in [0.2, 0.25) is 0 Å². The molecule has 0 saturated carbocycles. The summed E-state index contributed by atoms with van der Waals surface area (Å²) in [6.45, 7) is 8.90. The highest BCUT2D eigenvalue weighted by atomic mass is 15.3. The van der Waals surface area contributed by atoms with Gasteiger partial charge >= 0.3 is 0 Å². The first-order valence-corrected chi connectivity index (χ1v) is 7.48. The van der Waals surface area contributed by atoms with E-state index < -0.39 is 0 Å². The Balaban J connectivity index is 1.69. The molecule has 1 aliphatic heterocycles. The number of aryl methyl sites for hydroxylation is 2. The van der Waals surface area contributed by atoms with Crippen LogP contribution in [0.2, 0.25) is 0 Å². The average Bonchev–Trinajstić information content (AvgIpc) is 2.94. The number of nitrogens with zero attached hydrogens (tertiary/aromatic N) is 5. The molecule has 1 N–H and O–H groups in total. The Morgan fingerprint density at radius 3 is 2.76 bits per heavy atom. The van der Waals surface area contributed by atoms with Crippen LogP contribution in [0.15, 0.2) is 6.07 Å². The first-order valence-electron chi connectivity index (χ1n) is 7.48. The molecule has 3 heterocycles. The summed E-state index contributed by atoms with van der Waals surface area (Å²) >= 11 is 0. The van der Waals surface area contributed by atoms with Crippen LogP contribution in [0.3, 0.4) is 0 Å². The molecule has 0 amide bonds. The summed E-state index contributed by atoms with van der Waals surface area (Å²) < 4.78 is 4.08. The Morgan fingerprint density at radius 1 is 1.29 bits per heavy atom. The van der Waals surface area contributed by atoms with Crippen LogP contribution in [0.4, 0.5) is 0 Å². The fourth-order valence-corrected chi connectivity index (χ4v) is 2.98. The Hall–Kier alpha value is -1.66. The second-order valence-corrected chi connectivity index (χ2v) is 5.97. The first kappa shape index (κ1) is 14.3. The van der Waals surface area contributed by atoms with Gasteiger partial charge in [-0.2, -0.15) is 10.2 Å². The van der Waals surface area contributed by atoms with Gasteiger partial charge in [0.25, 0.3) is 0 Å². The van der Waals surface area contributed by atoms with Gasteiger partial charge in [-0.15, -0.1) is 0 Å². The maximum atomic E-state index is 4.70. The van der Waals surface area contributed by atoms with E-state index in [4.69, 9.17) is 5.10 Å². The third kappa shape index (κ3) is 2.87. The Kier molecular flexibility index (Phi) is 3.82. The van der Waals surface area contributed by atoms with Crippen molar-refractivity contribution in [3.63, 3.8) is 0 Å². The summed E-state index contributed by atoms with van der Waals surface area (Å²) in [7, 11) is 4.14. The van der Waals surface area contributed by atoms with Gasteiger partial charge in [-0.1, -0.05) is 0 Å². The molecule has 114 valence electrons. The zero-order valence-corrected chi connectivity index (χ0v) is 13.3. The lowest BCUT2D eigenvalue weighted by Gasteiger charge is -2.15.